The van der Waals surface area contributed by atoms with Gasteiger partial charge in [0.05, 0.1) is 17.0 Å². The Balaban J connectivity index is 0.000000510. The summed E-state index contributed by atoms with van der Waals surface area (Å²) in [6.07, 6.45) is 3.64. The molecule has 11 nitrogen and oxygen atoms in total. The molecule has 0 saturated carbocycles. The number of fused-ring (bicyclic) bond motifs is 1. The molecule has 1 saturated heterocycles. The minimum absolute atomic E-state index is 0.0152. The lowest BCUT2D eigenvalue weighted by molar-refractivity contribution is -0.128. The summed E-state index contributed by atoms with van der Waals surface area (Å²) in [7, 11) is -2.07. The zero-order valence-corrected chi connectivity index (χ0v) is 35.8. The van der Waals surface area contributed by atoms with Crippen molar-refractivity contribution in [1.82, 2.24) is 24.9 Å². The van der Waals surface area contributed by atoms with Crippen LogP contribution in [0, 0.1) is 12.3 Å². The van der Waals surface area contributed by atoms with Crippen LogP contribution in [-0.2, 0) is 19.6 Å². The third kappa shape index (κ3) is 11.6. The summed E-state index contributed by atoms with van der Waals surface area (Å²) < 4.78 is 33.2. The number of aryl methyl sites for hydroxylation is 1. The quantitative estimate of drug-likeness (QED) is 0.0802. The minimum Gasteiger partial charge on any atom is -0.383 e. The van der Waals surface area contributed by atoms with Crippen molar-refractivity contribution in [3.8, 4) is 0 Å². The summed E-state index contributed by atoms with van der Waals surface area (Å²) in [4.78, 5) is 32.8. The smallest absolute Gasteiger partial charge is 0.251 e. The van der Waals surface area contributed by atoms with Gasteiger partial charge in [-0.3, -0.25) is 9.59 Å². The molecule has 0 radical (unpaired) electrons. The van der Waals surface area contributed by atoms with E-state index in [1.165, 1.54) is 27.6 Å². The van der Waals surface area contributed by atoms with Crippen LogP contribution in [0.15, 0.2) is 102 Å². The van der Waals surface area contributed by atoms with Gasteiger partial charge in [-0.2, -0.15) is 4.31 Å². The first-order valence-electron chi connectivity index (χ1n) is 19.7. The van der Waals surface area contributed by atoms with Crippen molar-refractivity contribution in [1.29, 1.82) is 0 Å². The number of piperidine rings is 1. The topological polar surface area (TPSA) is 143 Å². The van der Waals surface area contributed by atoms with E-state index < -0.39 is 10.0 Å². The number of nitrogens with one attached hydrogen (secondary N) is 3. The first kappa shape index (κ1) is 44.2. The van der Waals surface area contributed by atoms with Gasteiger partial charge in [0, 0.05) is 66.6 Å². The van der Waals surface area contributed by atoms with Crippen LogP contribution < -0.4 is 16.0 Å². The van der Waals surface area contributed by atoms with Crippen molar-refractivity contribution in [3.05, 3.63) is 130 Å². The fourth-order valence-corrected chi connectivity index (χ4v) is 8.19. The van der Waals surface area contributed by atoms with Crippen LogP contribution in [-0.4, -0.2) is 80.4 Å². The third-order valence-electron chi connectivity index (χ3n) is 9.96. The summed E-state index contributed by atoms with van der Waals surface area (Å²) >= 11 is 6.24. The Kier molecular flexibility index (Phi) is 15.4. The van der Waals surface area contributed by atoms with E-state index in [1.807, 2.05) is 45.9 Å². The zero-order valence-electron chi connectivity index (χ0n) is 34.2. The second kappa shape index (κ2) is 20.2. The SMILES string of the molecule is CCCNC(=O)c1ccc(S(=O)(=O)N2CCC(Nc3ncnc4ccc(C(c5ccc(C)cc5)c5ccc(Cl)cc5)cc34)CC2)cc1.COCCNC(=O)C(C)(C)C. The normalized spacial score (nSPS) is 14.3. The highest BCUT2D eigenvalue weighted by Gasteiger charge is 2.30. The molecular formula is C45H55ClN6O5S. The lowest BCUT2D eigenvalue weighted by Crippen LogP contribution is -2.42. The van der Waals surface area contributed by atoms with Crippen LogP contribution in [0.25, 0.3) is 10.9 Å². The number of benzene rings is 4. The van der Waals surface area contributed by atoms with E-state index in [-0.39, 0.29) is 34.1 Å². The van der Waals surface area contributed by atoms with Gasteiger partial charge in [0.2, 0.25) is 15.9 Å². The molecule has 1 atom stereocenters. The Bertz CT molecular complexity index is 2190. The molecule has 5 aromatic rings. The third-order valence-corrected chi connectivity index (χ3v) is 12.1. The van der Waals surface area contributed by atoms with Crippen LogP contribution in [0.3, 0.4) is 0 Å². The van der Waals surface area contributed by atoms with E-state index in [1.54, 1.807) is 25.6 Å². The average Bonchev–Trinajstić information content (AvgIpc) is 3.22. The summed E-state index contributed by atoms with van der Waals surface area (Å²) in [6.45, 7) is 12.2. The summed E-state index contributed by atoms with van der Waals surface area (Å²) in [5.41, 5.74) is 5.59. The van der Waals surface area contributed by atoms with Gasteiger partial charge in [-0.25, -0.2) is 18.4 Å². The van der Waals surface area contributed by atoms with Crippen molar-refractivity contribution < 1.29 is 22.7 Å². The molecule has 6 rings (SSSR count). The number of sulfonamides is 1. The van der Waals surface area contributed by atoms with Crippen LogP contribution >= 0.6 is 11.6 Å². The Hall–Kier alpha value is -4.88. The largest absolute Gasteiger partial charge is 0.383 e. The predicted molar refractivity (Wildman–Crippen MR) is 232 cm³/mol. The molecule has 58 heavy (non-hydrogen) atoms. The van der Waals surface area contributed by atoms with E-state index in [2.05, 4.69) is 81.4 Å². The lowest BCUT2D eigenvalue weighted by atomic mass is 9.84. The molecule has 2 heterocycles. The highest BCUT2D eigenvalue weighted by molar-refractivity contribution is 7.89. The number of hydrogen-bond acceptors (Lipinski definition) is 8. The van der Waals surface area contributed by atoms with Gasteiger partial charge in [0.25, 0.3) is 5.91 Å². The zero-order chi connectivity index (χ0) is 41.9. The maximum Gasteiger partial charge on any atom is 0.251 e. The van der Waals surface area contributed by atoms with Gasteiger partial charge in [-0.15, -0.1) is 0 Å². The number of methoxy groups -OCH3 is 1. The molecule has 1 aromatic heterocycles. The maximum atomic E-state index is 13.4. The number of hydrogen-bond donors (Lipinski definition) is 3. The molecule has 4 aromatic carbocycles. The molecule has 1 fully saturated rings. The van der Waals surface area contributed by atoms with Gasteiger partial charge in [0.15, 0.2) is 0 Å². The first-order chi connectivity index (χ1) is 27.7. The van der Waals surface area contributed by atoms with E-state index in [0.29, 0.717) is 56.2 Å². The highest BCUT2D eigenvalue weighted by Crippen LogP contribution is 2.35. The van der Waals surface area contributed by atoms with Crippen molar-refractivity contribution >= 4 is 50.2 Å². The van der Waals surface area contributed by atoms with Crippen LogP contribution in [0.1, 0.15) is 85.5 Å². The molecule has 0 aliphatic carbocycles. The van der Waals surface area contributed by atoms with Crippen LogP contribution in [0.5, 0.6) is 0 Å². The van der Waals surface area contributed by atoms with E-state index in [0.717, 1.165) is 34.3 Å². The number of anilines is 1. The molecule has 13 heteroatoms. The molecule has 2 amide bonds. The first-order valence-corrected chi connectivity index (χ1v) is 21.5. The van der Waals surface area contributed by atoms with Crippen molar-refractivity contribution in [2.75, 3.05) is 45.2 Å². The Morgan fingerprint density at radius 2 is 1.48 bits per heavy atom. The number of amides is 2. The Labute approximate surface area is 348 Å². The van der Waals surface area contributed by atoms with Gasteiger partial charge in [0.1, 0.15) is 12.1 Å². The highest BCUT2D eigenvalue weighted by atomic mass is 35.5. The number of carbonyl (C=O) groups is 2. The number of nitrogens with zero attached hydrogens (tertiary/aromatic N) is 3. The van der Waals surface area contributed by atoms with Gasteiger partial charge < -0.3 is 20.7 Å². The molecule has 0 bridgehead atoms. The Morgan fingerprint density at radius 1 is 0.862 bits per heavy atom. The summed E-state index contributed by atoms with van der Waals surface area (Å²) in [5.74, 6) is 0.574. The van der Waals surface area contributed by atoms with Gasteiger partial charge in [-0.05, 0) is 91.4 Å². The van der Waals surface area contributed by atoms with E-state index in [9.17, 15) is 18.0 Å². The van der Waals surface area contributed by atoms with Crippen molar-refractivity contribution in [2.45, 2.75) is 70.7 Å². The second-order valence-corrected chi connectivity index (χ2v) is 17.9. The van der Waals surface area contributed by atoms with E-state index >= 15 is 0 Å². The minimum atomic E-state index is -3.69. The van der Waals surface area contributed by atoms with Crippen LogP contribution in [0.4, 0.5) is 5.82 Å². The van der Waals surface area contributed by atoms with E-state index in [4.69, 9.17) is 16.3 Å². The molecule has 1 aliphatic heterocycles. The van der Waals surface area contributed by atoms with Crippen molar-refractivity contribution in [3.63, 3.8) is 0 Å². The molecule has 0 spiro atoms. The molecule has 1 aliphatic rings. The summed E-state index contributed by atoms with van der Waals surface area (Å²) in [6, 6.07) is 29.1. The molecule has 308 valence electrons. The fraction of sp³-hybridized carbons (Fsp3) is 0.378. The number of carbonyl (C=O) groups excluding carboxylic acids is 2. The van der Waals surface area contributed by atoms with Gasteiger partial charge >= 0.3 is 0 Å². The number of halogens is 1. The number of rotatable bonds is 13. The number of aromatic nitrogens is 2. The monoisotopic (exact) mass is 826 g/mol. The lowest BCUT2D eigenvalue weighted by Gasteiger charge is -2.32. The standard InChI is InChI=1S/C37H38ClN5O3S.C8H17NO2/c1-3-20-39-37(44)28-10-15-32(16-11-28)47(45,46)43-21-18-31(19-22-43)42-36-33-23-29(12-17-34(33)40-24-41-36)35(26-6-4-25(2)5-7-26)27-8-13-30(38)14-9-27;1-8(2,3)7(10)9-5-6-11-4/h4-17,23-24,31,35H,3,18-22H2,1-2H3,(H,39,44)(H,40,41,42);5-6H2,1-4H3,(H,9,10). The average molecular weight is 827 g/mol. The molecule has 1 unspecified atom stereocenters. The van der Waals surface area contributed by atoms with Crippen molar-refractivity contribution in [2.24, 2.45) is 5.41 Å². The Morgan fingerprint density at radius 3 is 2.09 bits per heavy atom. The molecule has 3 N–H and O–H groups in total. The predicted octanol–water partition coefficient (Wildman–Crippen LogP) is 7.97. The summed E-state index contributed by atoms with van der Waals surface area (Å²) in [5, 5.41) is 10.8. The fourth-order valence-electron chi connectivity index (χ4n) is 6.59. The number of ether oxygens (including phenoxy) is 1. The molecular weight excluding hydrogens is 772 g/mol. The maximum absolute atomic E-state index is 13.4. The van der Waals surface area contributed by atoms with Crippen LogP contribution in [0.2, 0.25) is 5.02 Å². The van der Waals surface area contributed by atoms with Gasteiger partial charge in [-0.1, -0.05) is 87.3 Å². The second-order valence-electron chi connectivity index (χ2n) is 15.5.